The summed E-state index contributed by atoms with van der Waals surface area (Å²) in [6.45, 7) is 5.64. The Balaban J connectivity index is 2.50. The number of nitrogens with zero attached hydrogens (tertiary/aromatic N) is 3. The molecule has 1 heterocycles. The molecule has 0 aliphatic carbocycles. The minimum Gasteiger partial charge on any atom is -0.476 e. The van der Waals surface area contributed by atoms with E-state index in [9.17, 15) is 4.79 Å². The van der Waals surface area contributed by atoms with E-state index in [1.165, 1.54) is 10.4 Å². The highest BCUT2D eigenvalue weighted by atomic mass is 16.4. The van der Waals surface area contributed by atoms with Gasteiger partial charge in [-0.25, -0.2) is 4.79 Å². The third-order valence-electron chi connectivity index (χ3n) is 2.71. The predicted molar refractivity (Wildman–Crippen MR) is 62.5 cm³/mol. The first kappa shape index (κ1) is 11.3. The lowest BCUT2D eigenvalue weighted by molar-refractivity contribution is 0.0689. The summed E-state index contributed by atoms with van der Waals surface area (Å²) in [5.74, 6) is -1.06. The Labute approximate surface area is 98.7 Å². The van der Waals surface area contributed by atoms with Crippen LogP contribution in [-0.4, -0.2) is 26.1 Å². The number of rotatable bonds is 2. The summed E-state index contributed by atoms with van der Waals surface area (Å²) in [6, 6.07) is 5.76. The van der Waals surface area contributed by atoms with Gasteiger partial charge in [-0.2, -0.15) is 9.90 Å². The van der Waals surface area contributed by atoms with Crippen molar-refractivity contribution in [2.45, 2.75) is 20.8 Å². The highest BCUT2D eigenvalue weighted by Gasteiger charge is 2.14. The smallest absolute Gasteiger partial charge is 0.358 e. The Hall–Kier alpha value is -2.17. The molecule has 0 aliphatic rings. The maximum atomic E-state index is 10.9. The molecule has 0 atom stereocenters. The molecule has 2 aromatic rings. The number of hydrogen-bond acceptors (Lipinski definition) is 3. The molecule has 2 rings (SSSR count). The van der Waals surface area contributed by atoms with E-state index in [1.54, 1.807) is 6.92 Å². The summed E-state index contributed by atoms with van der Waals surface area (Å²) in [5.41, 5.74) is 3.47. The van der Waals surface area contributed by atoms with Crippen molar-refractivity contribution in [1.29, 1.82) is 0 Å². The molecule has 0 saturated carbocycles. The molecule has 0 bridgehead atoms. The van der Waals surface area contributed by atoms with Gasteiger partial charge in [-0.15, -0.1) is 5.10 Å². The van der Waals surface area contributed by atoms with Crippen LogP contribution in [0.3, 0.4) is 0 Å². The Kier molecular flexibility index (Phi) is 2.67. The van der Waals surface area contributed by atoms with Crippen molar-refractivity contribution in [2.24, 2.45) is 0 Å². The summed E-state index contributed by atoms with van der Waals surface area (Å²) >= 11 is 0. The summed E-state index contributed by atoms with van der Waals surface area (Å²) in [4.78, 5) is 12.2. The lowest BCUT2D eigenvalue weighted by Crippen LogP contribution is -2.02. The van der Waals surface area contributed by atoms with Crippen LogP contribution >= 0.6 is 0 Å². The van der Waals surface area contributed by atoms with Gasteiger partial charge in [0.05, 0.1) is 11.4 Å². The quantitative estimate of drug-likeness (QED) is 0.857. The zero-order valence-electron chi connectivity index (χ0n) is 9.93. The first-order valence-corrected chi connectivity index (χ1v) is 5.24. The van der Waals surface area contributed by atoms with Gasteiger partial charge in [0.15, 0.2) is 5.69 Å². The molecule has 1 N–H and O–H groups in total. The second kappa shape index (κ2) is 4.01. The van der Waals surface area contributed by atoms with Gasteiger partial charge in [-0.1, -0.05) is 6.07 Å². The molecule has 17 heavy (non-hydrogen) atoms. The summed E-state index contributed by atoms with van der Waals surface area (Å²) in [6.07, 6.45) is 0. The fraction of sp³-hybridized carbons (Fsp3) is 0.250. The zero-order chi connectivity index (χ0) is 12.6. The topological polar surface area (TPSA) is 68.0 Å². The van der Waals surface area contributed by atoms with Gasteiger partial charge in [0.2, 0.25) is 0 Å². The number of carbonyl (C=O) groups is 1. The molecular weight excluding hydrogens is 218 g/mol. The average molecular weight is 231 g/mol. The van der Waals surface area contributed by atoms with Gasteiger partial charge in [0.25, 0.3) is 0 Å². The van der Waals surface area contributed by atoms with Crippen molar-refractivity contribution < 1.29 is 9.90 Å². The number of aromatic nitrogens is 3. The maximum Gasteiger partial charge on any atom is 0.358 e. The van der Waals surface area contributed by atoms with E-state index in [0.29, 0.717) is 5.69 Å². The number of carboxylic acid groups (broad SMARTS) is 1. The summed E-state index contributed by atoms with van der Waals surface area (Å²) < 4.78 is 0. The molecule has 1 aromatic heterocycles. The number of hydrogen-bond donors (Lipinski definition) is 1. The second-order valence-electron chi connectivity index (χ2n) is 4.00. The monoisotopic (exact) mass is 231 g/mol. The van der Waals surface area contributed by atoms with Crippen LogP contribution in [0.15, 0.2) is 18.2 Å². The van der Waals surface area contributed by atoms with Crippen LogP contribution in [0.25, 0.3) is 5.69 Å². The van der Waals surface area contributed by atoms with Crippen LogP contribution in [0.1, 0.15) is 27.3 Å². The third-order valence-corrected chi connectivity index (χ3v) is 2.71. The molecule has 88 valence electrons. The highest BCUT2D eigenvalue weighted by molar-refractivity contribution is 5.86. The first-order chi connectivity index (χ1) is 7.99. The molecular formula is C12H13N3O2. The standard InChI is InChI=1S/C12H13N3O2/c1-7-4-5-10(6-8(7)2)15-13-9(3)11(14-15)12(16)17/h4-6H,1-3H3,(H,16,17). The molecule has 0 aliphatic heterocycles. The minimum absolute atomic E-state index is 0.0109. The predicted octanol–water partition coefficient (Wildman–Crippen LogP) is 1.89. The largest absolute Gasteiger partial charge is 0.476 e. The van der Waals surface area contributed by atoms with Crippen molar-refractivity contribution >= 4 is 5.97 Å². The fourth-order valence-corrected chi connectivity index (χ4v) is 1.54. The average Bonchev–Trinajstić information content (AvgIpc) is 2.64. The van der Waals surface area contributed by atoms with Crippen LogP contribution < -0.4 is 0 Å². The van der Waals surface area contributed by atoms with Crippen molar-refractivity contribution in [3.05, 3.63) is 40.7 Å². The summed E-state index contributed by atoms with van der Waals surface area (Å²) in [7, 11) is 0. The lowest BCUT2D eigenvalue weighted by atomic mass is 10.1. The molecule has 5 nitrogen and oxygen atoms in total. The van der Waals surface area contributed by atoms with Crippen LogP contribution in [0, 0.1) is 20.8 Å². The SMILES string of the molecule is Cc1ccc(-n2nc(C)c(C(=O)O)n2)cc1C. The van der Waals surface area contributed by atoms with Crippen LogP contribution in [-0.2, 0) is 0 Å². The Morgan fingerprint density at radius 1 is 1.18 bits per heavy atom. The van der Waals surface area contributed by atoms with E-state index in [2.05, 4.69) is 10.2 Å². The van der Waals surface area contributed by atoms with Gasteiger partial charge in [0.1, 0.15) is 0 Å². The van der Waals surface area contributed by atoms with E-state index in [-0.39, 0.29) is 5.69 Å². The lowest BCUT2D eigenvalue weighted by Gasteiger charge is -2.03. The normalized spacial score (nSPS) is 10.5. The molecule has 1 aromatic carbocycles. The van der Waals surface area contributed by atoms with Crippen LogP contribution in [0.4, 0.5) is 0 Å². The van der Waals surface area contributed by atoms with E-state index in [4.69, 9.17) is 5.11 Å². The first-order valence-electron chi connectivity index (χ1n) is 5.24. The highest BCUT2D eigenvalue weighted by Crippen LogP contribution is 2.13. The molecule has 0 fully saturated rings. The molecule has 0 unspecified atom stereocenters. The number of aryl methyl sites for hydroxylation is 3. The second-order valence-corrected chi connectivity index (χ2v) is 4.00. The van der Waals surface area contributed by atoms with E-state index >= 15 is 0 Å². The van der Waals surface area contributed by atoms with Gasteiger partial charge in [0, 0.05) is 0 Å². The Morgan fingerprint density at radius 3 is 2.41 bits per heavy atom. The number of carboxylic acids is 1. The fourth-order valence-electron chi connectivity index (χ4n) is 1.54. The Morgan fingerprint density at radius 2 is 1.88 bits per heavy atom. The zero-order valence-corrected chi connectivity index (χ0v) is 9.93. The van der Waals surface area contributed by atoms with Crippen LogP contribution in [0.5, 0.6) is 0 Å². The molecule has 0 amide bonds. The van der Waals surface area contributed by atoms with E-state index in [0.717, 1.165) is 11.3 Å². The molecule has 5 heteroatoms. The minimum atomic E-state index is -1.06. The molecule has 0 spiro atoms. The van der Waals surface area contributed by atoms with Crippen molar-refractivity contribution in [1.82, 2.24) is 15.0 Å². The molecule has 0 radical (unpaired) electrons. The summed E-state index contributed by atoms with van der Waals surface area (Å²) in [5, 5.41) is 17.0. The maximum absolute atomic E-state index is 10.9. The number of benzene rings is 1. The molecule has 0 saturated heterocycles. The van der Waals surface area contributed by atoms with Crippen molar-refractivity contribution in [3.8, 4) is 5.69 Å². The van der Waals surface area contributed by atoms with E-state index in [1.807, 2.05) is 32.0 Å². The van der Waals surface area contributed by atoms with E-state index < -0.39 is 5.97 Å². The van der Waals surface area contributed by atoms with Crippen molar-refractivity contribution in [3.63, 3.8) is 0 Å². The van der Waals surface area contributed by atoms with Gasteiger partial charge < -0.3 is 5.11 Å². The van der Waals surface area contributed by atoms with Crippen LogP contribution in [0.2, 0.25) is 0 Å². The van der Waals surface area contributed by atoms with Gasteiger partial charge >= 0.3 is 5.97 Å². The van der Waals surface area contributed by atoms with Crippen molar-refractivity contribution in [2.75, 3.05) is 0 Å². The van der Waals surface area contributed by atoms with Gasteiger partial charge in [-0.3, -0.25) is 0 Å². The third kappa shape index (κ3) is 2.04. The van der Waals surface area contributed by atoms with Gasteiger partial charge in [-0.05, 0) is 44.0 Å². The number of aromatic carboxylic acids is 1. The Bertz CT molecular complexity index is 587.